The number of likely N-dealkylation sites (N-methyl/N-ethyl adjacent to an activating group) is 1. The summed E-state index contributed by atoms with van der Waals surface area (Å²) in [6, 6.07) is 2.07. The lowest BCUT2D eigenvalue weighted by Gasteiger charge is -2.15. The highest BCUT2D eigenvalue weighted by molar-refractivity contribution is 6.25. The third-order valence-corrected chi connectivity index (χ3v) is 1.51. The second-order valence-electron chi connectivity index (χ2n) is 2.11. The Hall–Kier alpha value is -0.520. The van der Waals surface area contributed by atoms with E-state index >= 15 is 0 Å². The lowest BCUT2D eigenvalue weighted by atomic mass is 10.3. The van der Waals surface area contributed by atoms with Crippen LogP contribution in [0.25, 0.3) is 0 Å². The molecular weight excluding hydrogens is 148 g/mol. The van der Waals surface area contributed by atoms with Gasteiger partial charge in [-0.15, -0.1) is 0 Å². The van der Waals surface area contributed by atoms with Gasteiger partial charge in [-0.05, 0) is 14.0 Å². The van der Waals surface area contributed by atoms with E-state index < -0.39 is 0 Å². The average Bonchev–Trinajstić information content (AvgIpc) is 1.98. The summed E-state index contributed by atoms with van der Waals surface area (Å²) >= 11 is 5.30. The SMILES string of the molecule is CC(C#N)N(C)CC=CCl. The van der Waals surface area contributed by atoms with Crippen molar-refractivity contribution in [3.63, 3.8) is 0 Å². The molecular formula is C7H11ClN2. The van der Waals surface area contributed by atoms with Crippen molar-refractivity contribution < 1.29 is 0 Å². The molecule has 1 unspecified atom stereocenters. The normalized spacial score (nSPS) is 13.9. The molecule has 10 heavy (non-hydrogen) atoms. The number of nitriles is 1. The third-order valence-electron chi connectivity index (χ3n) is 1.33. The van der Waals surface area contributed by atoms with Crippen molar-refractivity contribution in [1.82, 2.24) is 4.90 Å². The lowest BCUT2D eigenvalue weighted by Crippen LogP contribution is -2.27. The van der Waals surface area contributed by atoms with E-state index in [1.54, 1.807) is 6.08 Å². The molecule has 0 saturated carbocycles. The average molecular weight is 159 g/mol. The second kappa shape index (κ2) is 5.28. The van der Waals surface area contributed by atoms with Gasteiger partial charge in [-0.2, -0.15) is 5.26 Å². The molecule has 2 nitrogen and oxygen atoms in total. The highest BCUT2D eigenvalue weighted by atomic mass is 35.5. The summed E-state index contributed by atoms with van der Waals surface area (Å²) in [6.45, 7) is 2.57. The molecule has 0 aromatic heterocycles. The standard InChI is InChI=1S/C7H11ClN2/c1-7(6-9)10(2)5-3-4-8/h3-4,7H,5H2,1-2H3. The van der Waals surface area contributed by atoms with Gasteiger partial charge in [0.25, 0.3) is 0 Å². The molecule has 56 valence electrons. The van der Waals surface area contributed by atoms with Crippen LogP contribution in [0.3, 0.4) is 0 Å². The molecule has 0 aliphatic rings. The molecule has 0 heterocycles. The van der Waals surface area contributed by atoms with Crippen LogP contribution in [0.1, 0.15) is 6.92 Å². The van der Waals surface area contributed by atoms with Gasteiger partial charge in [-0.3, -0.25) is 4.90 Å². The number of hydrogen-bond donors (Lipinski definition) is 0. The first-order valence-electron chi connectivity index (χ1n) is 3.07. The van der Waals surface area contributed by atoms with E-state index in [2.05, 4.69) is 6.07 Å². The Balaban J connectivity index is 3.64. The van der Waals surface area contributed by atoms with Gasteiger partial charge in [0.15, 0.2) is 0 Å². The fourth-order valence-electron chi connectivity index (χ4n) is 0.463. The van der Waals surface area contributed by atoms with Crippen LogP contribution in [0.15, 0.2) is 11.6 Å². The minimum absolute atomic E-state index is 0.0483. The van der Waals surface area contributed by atoms with Crippen LogP contribution in [-0.2, 0) is 0 Å². The zero-order valence-corrected chi connectivity index (χ0v) is 6.97. The van der Waals surface area contributed by atoms with Gasteiger partial charge in [-0.25, -0.2) is 0 Å². The van der Waals surface area contributed by atoms with Crippen molar-refractivity contribution in [3.05, 3.63) is 11.6 Å². The third kappa shape index (κ3) is 3.49. The van der Waals surface area contributed by atoms with Gasteiger partial charge in [-0.1, -0.05) is 17.7 Å². The molecule has 0 rings (SSSR count). The Morgan fingerprint density at radius 3 is 2.80 bits per heavy atom. The van der Waals surface area contributed by atoms with Crippen LogP contribution in [0.5, 0.6) is 0 Å². The summed E-state index contributed by atoms with van der Waals surface area (Å²) in [6.07, 6.45) is 1.80. The van der Waals surface area contributed by atoms with Crippen LogP contribution in [0.2, 0.25) is 0 Å². The number of rotatable bonds is 3. The van der Waals surface area contributed by atoms with E-state index in [0.29, 0.717) is 0 Å². The van der Waals surface area contributed by atoms with Gasteiger partial charge in [0.1, 0.15) is 0 Å². The highest BCUT2D eigenvalue weighted by Crippen LogP contribution is 1.93. The predicted octanol–water partition coefficient (Wildman–Crippen LogP) is 1.58. The van der Waals surface area contributed by atoms with Crippen molar-refractivity contribution in [2.45, 2.75) is 13.0 Å². The summed E-state index contributed by atoms with van der Waals surface area (Å²) < 4.78 is 0. The molecule has 0 fully saturated rings. The maximum absolute atomic E-state index is 8.46. The van der Waals surface area contributed by atoms with E-state index in [9.17, 15) is 0 Å². The molecule has 3 heteroatoms. The van der Waals surface area contributed by atoms with E-state index in [1.165, 1.54) is 5.54 Å². The lowest BCUT2D eigenvalue weighted by molar-refractivity contribution is 0.335. The fraction of sp³-hybridized carbons (Fsp3) is 0.571. The monoisotopic (exact) mass is 158 g/mol. The zero-order chi connectivity index (χ0) is 7.98. The topological polar surface area (TPSA) is 27.0 Å². The Morgan fingerprint density at radius 2 is 2.40 bits per heavy atom. The Morgan fingerprint density at radius 1 is 1.80 bits per heavy atom. The molecule has 0 amide bonds. The van der Waals surface area contributed by atoms with E-state index in [-0.39, 0.29) is 6.04 Å². The molecule has 0 N–H and O–H groups in total. The molecule has 0 bridgehead atoms. The summed E-state index contributed by atoms with van der Waals surface area (Å²) in [4.78, 5) is 1.90. The summed E-state index contributed by atoms with van der Waals surface area (Å²) in [5.74, 6) is 0. The Labute approximate surface area is 66.7 Å². The Bertz CT molecular complexity index is 148. The molecule has 0 aliphatic carbocycles. The van der Waals surface area contributed by atoms with Gasteiger partial charge in [0.05, 0.1) is 12.1 Å². The number of hydrogen-bond acceptors (Lipinski definition) is 2. The predicted molar refractivity (Wildman–Crippen MR) is 42.7 cm³/mol. The largest absolute Gasteiger partial charge is 0.288 e. The van der Waals surface area contributed by atoms with Crippen LogP contribution >= 0.6 is 11.6 Å². The van der Waals surface area contributed by atoms with Crippen molar-refractivity contribution >= 4 is 11.6 Å². The molecule has 0 aliphatic heterocycles. The smallest absolute Gasteiger partial charge is 0.0949 e. The van der Waals surface area contributed by atoms with Crippen LogP contribution in [-0.4, -0.2) is 24.5 Å². The molecule has 1 atom stereocenters. The van der Waals surface area contributed by atoms with Crippen molar-refractivity contribution in [1.29, 1.82) is 5.26 Å². The van der Waals surface area contributed by atoms with Gasteiger partial charge in [0, 0.05) is 12.1 Å². The molecule has 0 aromatic carbocycles. The first-order chi connectivity index (χ1) is 4.72. The van der Waals surface area contributed by atoms with Gasteiger partial charge < -0.3 is 0 Å². The first kappa shape index (κ1) is 9.48. The quantitative estimate of drug-likeness (QED) is 0.624. The van der Waals surface area contributed by atoms with E-state index in [4.69, 9.17) is 16.9 Å². The summed E-state index contributed by atoms with van der Waals surface area (Å²) in [7, 11) is 1.88. The summed E-state index contributed by atoms with van der Waals surface area (Å²) in [5.41, 5.74) is 1.46. The zero-order valence-electron chi connectivity index (χ0n) is 6.21. The van der Waals surface area contributed by atoms with Crippen LogP contribution in [0.4, 0.5) is 0 Å². The first-order valence-corrected chi connectivity index (χ1v) is 3.51. The molecule has 0 spiro atoms. The molecule has 0 saturated heterocycles. The van der Waals surface area contributed by atoms with Crippen molar-refractivity contribution in [2.75, 3.05) is 13.6 Å². The van der Waals surface area contributed by atoms with E-state index in [0.717, 1.165) is 6.54 Å². The maximum Gasteiger partial charge on any atom is 0.0949 e. The van der Waals surface area contributed by atoms with Crippen molar-refractivity contribution in [2.24, 2.45) is 0 Å². The Kier molecular flexibility index (Phi) is 5.00. The molecule has 0 aromatic rings. The highest BCUT2D eigenvalue weighted by Gasteiger charge is 2.03. The summed E-state index contributed by atoms with van der Waals surface area (Å²) in [5, 5.41) is 8.46. The van der Waals surface area contributed by atoms with Gasteiger partial charge >= 0.3 is 0 Å². The minimum Gasteiger partial charge on any atom is -0.288 e. The molecule has 0 radical (unpaired) electrons. The van der Waals surface area contributed by atoms with Crippen LogP contribution in [0, 0.1) is 11.3 Å². The van der Waals surface area contributed by atoms with Gasteiger partial charge in [0.2, 0.25) is 0 Å². The maximum atomic E-state index is 8.46. The number of halogens is 1. The second-order valence-corrected chi connectivity index (χ2v) is 2.36. The van der Waals surface area contributed by atoms with Crippen LogP contribution < -0.4 is 0 Å². The van der Waals surface area contributed by atoms with E-state index in [1.807, 2.05) is 18.9 Å². The minimum atomic E-state index is -0.0483. The van der Waals surface area contributed by atoms with Crippen molar-refractivity contribution in [3.8, 4) is 6.07 Å². The number of nitrogens with zero attached hydrogens (tertiary/aromatic N) is 2. The fourth-order valence-corrected chi connectivity index (χ4v) is 0.542.